The molecule has 22 heavy (non-hydrogen) atoms. The minimum Gasteiger partial charge on any atom is -0.353 e. The molecule has 2 heterocycles. The number of nitrogens with zero attached hydrogens (tertiary/aromatic N) is 3. The number of carbonyl (C=O) groups excluding carboxylic acids is 1. The molecule has 0 spiro atoms. The summed E-state index contributed by atoms with van der Waals surface area (Å²) in [4.78, 5) is 23.2. The first-order valence-corrected chi connectivity index (χ1v) is 8.65. The summed E-state index contributed by atoms with van der Waals surface area (Å²) in [5, 5.41) is 3.29. The zero-order valence-electron chi connectivity index (χ0n) is 13.2. The van der Waals surface area contributed by atoms with Crippen molar-refractivity contribution in [3.63, 3.8) is 0 Å². The molecule has 1 aliphatic carbocycles. The highest BCUT2D eigenvalue weighted by atomic mass is 16.1. The van der Waals surface area contributed by atoms with Crippen LogP contribution in [0.25, 0.3) is 0 Å². The third-order valence-electron chi connectivity index (χ3n) is 4.90. The number of anilines is 1. The lowest BCUT2D eigenvalue weighted by Gasteiger charge is -2.32. The molecule has 0 atom stereocenters. The molecule has 1 aliphatic heterocycles. The number of hydrogen-bond donors (Lipinski definition) is 1. The summed E-state index contributed by atoms with van der Waals surface area (Å²) in [6.45, 7) is 1.74. The molecule has 5 heteroatoms. The summed E-state index contributed by atoms with van der Waals surface area (Å²) in [6, 6.07) is 2.24. The van der Waals surface area contributed by atoms with Crippen molar-refractivity contribution in [2.45, 2.75) is 57.4 Å². The molecule has 5 nitrogen and oxygen atoms in total. The number of rotatable bonds is 3. The highest BCUT2D eigenvalue weighted by molar-refractivity contribution is 5.79. The van der Waals surface area contributed by atoms with Gasteiger partial charge in [0.15, 0.2) is 0 Å². The average molecular weight is 302 g/mol. The van der Waals surface area contributed by atoms with Crippen molar-refractivity contribution in [3.05, 3.63) is 18.5 Å². The Balaban J connectivity index is 1.47. The molecule has 0 aromatic carbocycles. The lowest BCUT2D eigenvalue weighted by Crippen LogP contribution is -2.44. The van der Waals surface area contributed by atoms with Crippen LogP contribution in [-0.2, 0) is 4.79 Å². The summed E-state index contributed by atoms with van der Waals surface area (Å²) < 4.78 is 0. The van der Waals surface area contributed by atoms with Gasteiger partial charge >= 0.3 is 0 Å². The maximum atomic E-state index is 12.5. The summed E-state index contributed by atoms with van der Waals surface area (Å²) >= 11 is 0. The van der Waals surface area contributed by atoms with Crippen LogP contribution in [0.1, 0.15) is 51.4 Å². The first-order valence-electron chi connectivity index (χ1n) is 8.65. The van der Waals surface area contributed by atoms with E-state index in [4.69, 9.17) is 0 Å². The summed E-state index contributed by atoms with van der Waals surface area (Å²) in [5.74, 6) is 1.20. The standard InChI is InChI=1S/C17H26N4O/c22-16(20-15-6-3-1-2-4-7-15)14-8-12-21(13-9-14)17-18-10-5-11-19-17/h5,10-11,14-15H,1-4,6-9,12-13H2,(H,20,22). The van der Waals surface area contributed by atoms with Gasteiger partial charge in [0.25, 0.3) is 0 Å². The Kier molecular flexibility index (Phi) is 5.24. The third kappa shape index (κ3) is 3.96. The normalized spacial score (nSPS) is 21.4. The first-order chi connectivity index (χ1) is 10.8. The van der Waals surface area contributed by atoms with Crippen LogP contribution >= 0.6 is 0 Å². The van der Waals surface area contributed by atoms with Crippen LogP contribution in [0.4, 0.5) is 5.95 Å². The minimum atomic E-state index is 0.156. The zero-order chi connectivity index (χ0) is 15.2. The van der Waals surface area contributed by atoms with Gasteiger partial charge in [-0.05, 0) is 31.7 Å². The second-order valence-corrected chi connectivity index (χ2v) is 6.51. The van der Waals surface area contributed by atoms with Crippen LogP contribution in [0.5, 0.6) is 0 Å². The number of hydrogen-bond acceptors (Lipinski definition) is 4. The molecule has 2 aliphatic rings. The van der Waals surface area contributed by atoms with Crippen LogP contribution in [0, 0.1) is 5.92 Å². The zero-order valence-corrected chi connectivity index (χ0v) is 13.2. The molecule has 2 fully saturated rings. The van der Waals surface area contributed by atoms with E-state index in [9.17, 15) is 4.79 Å². The largest absolute Gasteiger partial charge is 0.353 e. The topological polar surface area (TPSA) is 58.1 Å². The van der Waals surface area contributed by atoms with E-state index in [1.54, 1.807) is 12.4 Å². The van der Waals surface area contributed by atoms with Crippen LogP contribution in [0.15, 0.2) is 18.5 Å². The Morgan fingerprint density at radius 2 is 1.64 bits per heavy atom. The fourth-order valence-electron chi connectivity index (χ4n) is 3.54. The van der Waals surface area contributed by atoms with Crippen LogP contribution < -0.4 is 10.2 Å². The second kappa shape index (κ2) is 7.56. The van der Waals surface area contributed by atoms with Gasteiger partial charge in [0.2, 0.25) is 11.9 Å². The molecule has 1 N–H and O–H groups in total. The van der Waals surface area contributed by atoms with Crippen molar-refractivity contribution >= 4 is 11.9 Å². The van der Waals surface area contributed by atoms with E-state index in [2.05, 4.69) is 20.2 Å². The van der Waals surface area contributed by atoms with Gasteiger partial charge in [-0.15, -0.1) is 0 Å². The van der Waals surface area contributed by atoms with E-state index in [0.717, 1.165) is 44.7 Å². The summed E-state index contributed by atoms with van der Waals surface area (Å²) in [7, 11) is 0. The summed E-state index contributed by atoms with van der Waals surface area (Å²) in [5.41, 5.74) is 0. The smallest absolute Gasteiger partial charge is 0.225 e. The Hall–Kier alpha value is -1.65. The van der Waals surface area contributed by atoms with E-state index in [1.807, 2.05) is 6.07 Å². The van der Waals surface area contributed by atoms with Crippen molar-refractivity contribution in [2.24, 2.45) is 5.92 Å². The highest BCUT2D eigenvalue weighted by Gasteiger charge is 2.27. The van der Waals surface area contributed by atoms with E-state index in [-0.39, 0.29) is 11.8 Å². The van der Waals surface area contributed by atoms with E-state index >= 15 is 0 Å². The van der Waals surface area contributed by atoms with Gasteiger partial charge in [0.1, 0.15) is 0 Å². The maximum absolute atomic E-state index is 12.5. The van der Waals surface area contributed by atoms with Crippen LogP contribution in [0.2, 0.25) is 0 Å². The molecule has 1 aromatic heterocycles. The molecule has 1 amide bonds. The van der Waals surface area contributed by atoms with Gasteiger partial charge in [-0.1, -0.05) is 25.7 Å². The fraction of sp³-hybridized carbons (Fsp3) is 0.706. The molecule has 1 aromatic rings. The Morgan fingerprint density at radius 1 is 1.00 bits per heavy atom. The molecule has 1 saturated carbocycles. The van der Waals surface area contributed by atoms with Crippen molar-refractivity contribution in [1.29, 1.82) is 0 Å². The van der Waals surface area contributed by atoms with E-state index in [1.165, 1.54) is 25.7 Å². The van der Waals surface area contributed by atoms with Crippen molar-refractivity contribution in [1.82, 2.24) is 15.3 Å². The predicted molar refractivity (Wildman–Crippen MR) is 86.6 cm³/mol. The predicted octanol–water partition coefficient (Wildman–Crippen LogP) is 2.53. The molecule has 3 rings (SSSR count). The van der Waals surface area contributed by atoms with Crippen molar-refractivity contribution in [2.75, 3.05) is 18.0 Å². The molecule has 0 bridgehead atoms. The van der Waals surface area contributed by atoms with Gasteiger partial charge in [-0.3, -0.25) is 4.79 Å². The Labute approximate surface area is 132 Å². The van der Waals surface area contributed by atoms with Gasteiger partial charge < -0.3 is 10.2 Å². The number of carbonyl (C=O) groups is 1. The summed E-state index contributed by atoms with van der Waals surface area (Å²) in [6.07, 6.45) is 12.8. The molecular weight excluding hydrogens is 276 g/mol. The van der Waals surface area contributed by atoms with Crippen LogP contribution in [0.3, 0.4) is 0 Å². The Bertz CT molecular complexity index is 463. The molecule has 0 radical (unpaired) electrons. The third-order valence-corrected chi connectivity index (χ3v) is 4.90. The van der Waals surface area contributed by atoms with Crippen molar-refractivity contribution in [3.8, 4) is 0 Å². The van der Waals surface area contributed by atoms with Gasteiger partial charge in [0.05, 0.1) is 0 Å². The first kappa shape index (κ1) is 15.3. The fourth-order valence-corrected chi connectivity index (χ4v) is 3.54. The number of piperidine rings is 1. The monoisotopic (exact) mass is 302 g/mol. The van der Waals surface area contributed by atoms with Gasteiger partial charge in [-0.25, -0.2) is 9.97 Å². The highest BCUT2D eigenvalue weighted by Crippen LogP contribution is 2.22. The number of nitrogens with one attached hydrogen (secondary N) is 1. The Morgan fingerprint density at radius 3 is 2.27 bits per heavy atom. The molecule has 120 valence electrons. The van der Waals surface area contributed by atoms with E-state index < -0.39 is 0 Å². The number of aromatic nitrogens is 2. The molecular formula is C17H26N4O. The molecule has 0 unspecified atom stereocenters. The van der Waals surface area contributed by atoms with Gasteiger partial charge in [-0.2, -0.15) is 0 Å². The molecule has 1 saturated heterocycles. The van der Waals surface area contributed by atoms with Crippen molar-refractivity contribution < 1.29 is 4.79 Å². The van der Waals surface area contributed by atoms with Gasteiger partial charge in [0, 0.05) is 37.4 Å². The number of amides is 1. The SMILES string of the molecule is O=C(NC1CCCCCC1)C1CCN(c2ncccn2)CC1. The maximum Gasteiger partial charge on any atom is 0.225 e. The average Bonchev–Trinajstić information content (AvgIpc) is 2.84. The van der Waals surface area contributed by atoms with E-state index in [0.29, 0.717) is 6.04 Å². The van der Waals surface area contributed by atoms with Crippen LogP contribution in [-0.4, -0.2) is 35.0 Å². The lowest BCUT2D eigenvalue weighted by atomic mass is 9.95. The minimum absolute atomic E-state index is 0.156. The quantitative estimate of drug-likeness (QED) is 0.872. The lowest BCUT2D eigenvalue weighted by molar-refractivity contribution is -0.126. The second-order valence-electron chi connectivity index (χ2n) is 6.51.